The van der Waals surface area contributed by atoms with Crippen molar-refractivity contribution in [1.82, 2.24) is 10.2 Å². The van der Waals surface area contributed by atoms with E-state index in [1.54, 1.807) is 31.2 Å². The van der Waals surface area contributed by atoms with E-state index in [-0.39, 0.29) is 37.1 Å². The minimum Gasteiger partial charge on any atom is -0.350 e. The maximum absolute atomic E-state index is 13.4. The third-order valence-electron chi connectivity index (χ3n) is 5.46. The summed E-state index contributed by atoms with van der Waals surface area (Å²) in [4.78, 5) is 39.1. The van der Waals surface area contributed by atoms with Gasteiger partial charge in [-0.15, -0.1) is 0 Å². The normalized spacial score (nSPS) is 14.1. The molecule has 1 aliphatic heterocycles. The lowest BCUT2D eigenvalue weighted by Gasteiger charge is -2.27. The number of imide groups is 1. The zero-order chi connectivity index (χ0) is 22.1. The van der Waals surface area contributed by atoms with Crippen molar-refractivity contribution in [2.75, 3.05) is 6.54 Å². The van der Waals surface area contributed by atoms with Crippen LogP contribution in [0.25, 0.3) is 10.8 Å². The highest BCUT2D eigenvalue weighted by atomic mass is 19.2. The summed E-state index contributed by atoms with van der Waals surface area (Å²) in [7, 11) is 0. The van der Waals surface area contributed by atoms with Gasteiger partial charge in [0.1, 0.15) is 0 Å². The van der Waals surface area contributed by atoms with Gasteiger partial charge in [0.05, 0.1) is 6.04 Å². The molecule has 4 rings (SSSR count). The molecule has 7 heteroatoms. The number of carbonyl (C=O) groups excluding carboxylic acids is 3. The predicted molar refractivity (Wildman–Crippen MR) is 111 cm³/mol. The number of rotatable bonds is 6. The number of benzene rings is 3. The zero-order valence-corrected chi connectivity index (χ0v) is 16.8. The van der Waals surface area contributed by atoms with Gasteiger partial charge in [0.2, 0.25) is 5.91 Å². The molecule has 0 bridgehead atoms. The summed E-state index contributed by atoms with van der Waals surface area (Å²) >= 11 is 0. The van der Waals surface area contributed by atoms with Crippen molar-refractivity contribution < 1.29 is 23.2 Å². The van der Waals surface area contributed by atoms with E-state index in [1.807, 2.05) is 12.1 Å². The van der Waals surface area contributed by atoms with Crippen LogP contribution < -0.4 is 5.32 Å². The number of halogens is 2. The van der Waals surface area contributed by atoms with E-state index in [4.69, 9.17) is 0 Å². The average molecular weight is 422 g/mol. The molecule has 0 fully saturated rings. The maximum atomic E-state index is 13.4. The predicted octanol–water partition coefficient (Wildman–Crippen LogP) is 4.37. The molecule has 0 saturated carbocycles. The summed E-state index contributed by atoms with van der Waals surface area (Å²) in [6.07, 6.45) is 0.364. The number of amides is 3. The molecule has 0 aliphatic carbocycles. The van der Waals surface area contributed by atoms with Gasteiger partial charge in [-0.3, -0.25) is 19.3 Å². The Morgan fingerprint density at radius 1 is 0.968 bits per heavy atom. The second-order valence-corrected chi connectivity index (χ2v) is 7.54. The van der Waals surface area contributed by atoms with Crippen molar-refractivity contribution in [3.63, 3.8) is 0 Å². The van der Waals surface area contributed by atoms with Crippen molar-refractivity contribution in [3.8, 4) is 0 Å². The van der Waals surface area contributed by atoms with Gasteiger partial charge < -0.3 is 5.32 Å². The van der Waals surface area contributed by atoms with E-state index in [0.717, 1.165) is 17.5 Å². The largest absolute Gasteiger partial charge is 0.350 e. The summed E-state index contributed by atoms with van der Waals surface area (Å²) in [6, 6.07) is 13.6. The van der Waals surface area contributed by atoms with Crippen LogP contribution in [0.15, 0.2) is 54.6 Å². The van der Waals surface area contributed by atoms with Crippen molar-refractivity contribution >= 4 is 28.5 Å². The summed E-state index contributed by atoms with van der Waals surface area (Å²) in [5.41, 5.74) is 1.39. The molecule has 1 N–H and O–H groups in total. The molecule has 1 aliphatic rings. The molecular weight excluding hydrogens is 402 g/mol. The highest BCUT2D eigenvalue weighted by Gasteiger charge is 2.32. The molecule has 1 heterocycles. The molecule has 1 unspecified atom stereocenters. The average Bonchev–Trinajstić information content (AvgIpc) is 2.76. The second kappa shape index (κ2) is 8.26. The third-order valence-corrected chi connectivity index (χ3v) is 5.46. The lowest BCUT2D eigenvalue weighted by molar-refractivity contribution is -0.121. The Kier molecular flexibility index (Phi) is 5.50. The fraction of sp³-hybridized carbons (Fsp3) is 0.208. The third kappa shape index (κ3) is 3.91. The molecule has 0 saturated heterocycles. The van der Waals surface area contributed by atoms with E-state index in [0.29, 0.717) is 22.1 Å². The van der Waals surface area contributed by atoms with Gasteiger partial charge in [-0.05, 0) is 48.6 Å². The quantitative estimate of drug-likeness (QED) is 0.600. The molecule has 0 radical (unpaired) electrons. The van der Waals surface area contributed by atoms with E-state index in [1.165, 1.54) is 11.0 Å². The smallest absolute Gasteiger partial charge is 0.261 e. The van der Waals surface area contributed by atoms with Crippen LogP contribution in [0.5, 0.6) is 0 Å². The van der Waals surface area contributed by atoms with Gasteiger partial charge in [-0.25, -0.2) is 8.78 Å². The second-order valence-electron chi connectivity index (χ2n) is 7.54. The first kappa shape index (κ1) is 20.7. The Morgan fingerprint density at radius 3 is 2.23 bits per heavy atom. The van der Waals surface area contributed by atoms with Crippen LogP contribution in [0, 0.1) is 11.6 Å². The van der Waals surface area contributed by atoms with E-state index >= 15 is 0 Å². The molecule has 0 spiro atoms. The molecular formula is C24H20F2N2O3. The highest BCUT2D eigenvalue weighted by molar-refractivity contribution is 6.25. The van der Waals surface area contributed by atoms with Gasteiger partial charge in [0.25, 0.3) is 11.8 Å². The first-order valence-corrected chi connectivity index (χ1v) is 9.99. The number of nitrogens with zero attached hydrogens (tertiary/aromatic N) is 1. The Hall–Kier alpha value is -3.61. The topological polar surface area (TPSA) is 66.5 Å². The maximum Gasteiger partial charge on any atom is 0.261 e. The minimum atomic E-state index is -0.976. The van der Waals surface area contributed by atoms with Crippen molar-refractivity contribution in [2.45, 2.75) is 25.8 Å². The Balaban J connectivity index is 1.38. The standard InChI is InChI=1S/C24H20F2N2O3/c1-14(16-10-11-19(25)20(26)13-16)27-21(29)9-4-12-28-23(30)17-7-2-5-15-6-3-8-18(22(15)17)24(28)31/h2-3,5-8,10-11,13-14H,4,9,12H2,1H3,(H,27,29). The van der Waals surface area contributed by atoms with Crippen molar-refractivity contribution in [1.29, 1.82) is 0 Å². The molecule has 158 valence electrons. The first-order chi connectivity index (χ1) is 14.9. The minimum absolute atomic E-state index is 0.0803. The lowest BCUT2D eigenvalue weighted by Crippen LogP contribution is -2.41. The number of hydrogen-bond acceptors (Lipinski definition) is 3. The van der Waals surface area contributed by atoms with Gasteiger partial charge >= 0.3 is 0 Å². The van der Waals surface area contributed by atoms with Crippen molar-refractivity contribution in [2.24, 2.45) is 0 Å². The van der Waals surface area contributed by atoms with E-state index < -0.39 is 17.7 Å². The monoisotopic (exact) mass is 422 g/mol. The Bertz CT molecular complexity index is 1160. The first-order valence-electron chi connectivity index (χ1n) is 9.99. The van der Waals surface area contributed by atoms with Gasteiger partial charge in [-0.1, -0.05) is 30.3 Å². The fourth-order valence-electron chi connectivity index (χ4n) is 3.86. The molecule has 0 aromatic heterocycles. The molecule has 3 aromatic rings. The molecule has 3 aromatic carbocycles. The molecule has 31 heavy (non-hydrogen) atoms. The Labute approximate surface area is 177 Å². The van der Waals surface area contributed by atoms with Crippen LogP contribution in [0.1, 0.15) is 52.1 Å². The van der Waals surface area contributed by atoms with Crippen LogP contribution in [0.4, 0.5) is 8.78 Å². The van der Waals surface area contributed by atoms with E-state index in [2.05, 4.69) is 5.32 Å². The van der Waals surface area contributed by atoms with Gasteiger partial charge in [0, 0.05) is 29.5 Å². The molecule has 1 atom stereocenters. The molecule has 5 nitrogen and oxygen atoms in total. The molecule has 3 amide bonds. The fourth-order valence-corrected chi connectivity index (χ4v) is 3.86. The number of carbonyl (C=O) groups is 3. The zero-order valence-electron chi connectivity index (χ0n) is 16.8. The van der Waals surface area contributed by atoms with Crippen LogP contribution in [0.2, 0.25) is 0 Å². The summed E-state index contributed by atoms with van der Waals surface area (Å²) in [6.45, 7) is 1.77. The highest BCUT2D eigenvalue weighted by Crippen LogP contribution is 2.30. The van der Waals surface area contributed by atoms with Crippen LogP contribution in [-0.2, 0) is 4.79 Å². The Morgan fingerprint density at radius 2 is 1.61 bits per heavy atom. The number of nitrogens with one attached hydrogen (secondary N) is 1. The summed E-state index contributed by atoms with van der Waals surface area (Å²) in [5.74, 6) is -2.97. The van der Waals surface area contributed by atoms with Crippen LogP contribution >= 0.6 is 0 Å². The van der Waals surface area contributed by atoms with Crippen molar-refractivity contribution in [3.05, 3.63) is 82.9 Å². The van der Waals surface area contributed by atoms with Gasteiger partial charge in [-0.2, -0.15) is 0 Å². The van der Waals surface area contributed by atoms with Crippen LogP contribution in [-0.4, -0.2) is 29.2 Å². The van der Waals surface area contributed by atoms with E-state index in [9.17, 15) is 23.2 Å². The SMILES string of the molecule is CC(NC(=O)CCCN1C(=O)c2cccc3cccc(c23)C1=O)c1ccc(F)c(F)c1. The van der Waals surface area contributed by atoms with Crippen LogP contribution in [0.3, 0.4) is 0 Å². The summed E-state index contributed by atoms with van der Waals surface area (Å²) < 4.78 is 26.5. The summed E-state index contributed by atoms with van der Waals surface area (Å²) in [5, 5.41) is 4.21. The number of hydrogen-bond donors (Lipinski definition) is 1. The van der Waals surface area contributed by atoms with Gasteiger partial charge in [0.15, 0.2) is 11.6 Å². The lowest BCUT2D eigenvalue weighted by atomic mass is 9.94.